The molecular weight excluding hydrogens is 303 g/mol. The normalized spacial score (nSPS) is 24.3. The van der Waals surface area contributed by atoms with Gasteiger partial charge in [-0.2, -0.15) is 0 Å². The highest BCUT2D eigenvalue weighted by atomic mass is 35.5. The van der Waals surface area contributed by atoms with Crippen molar-refractivity contribution in [3.8, 4) is 0 Å². The second kappa shape index (κ2) is 7.82. The molecule has 4 heteroatoms. The van der Waals surface area contributed by atoms with E-state index in [0.29, 0.717) is 12.6 Å². The molecule has 1 saturated carbocycles. The molecule has 1 aromatic carbocycles. The van der Waals surface area contributed by atoms with Crippen LogP contribution in [0.4, 0.5) is 0 Å². The molecule has 118 valence electrons. The highest BCUT2D eigenvalue weighted by molar-refractivity contribution is 6.33. The fourth-order valence-corrected chi connectivity index (χ4v) is 3.92. The number of halogens is 2. The maximum Gasteiger partial charge on any atom is 0.0485 e. The van der Waals surface area contributed by atoms with Gasteiger partial charge in [-0.3, -0.25) is 4.90 Å². The summed E-state index contributed by atoms with van der Waals surface area (Å²) in [6.07, 6.45) is 6.46. The van der Waals surface area contributed by atoms with Crippen molar-refractivity contribution in [2.75, 3.05) is 13.6 Å². The van der Waals surface area contributed by atoms with E-state index >= 15 is 0 Å². The van der Waals surface area contributed by atoms with Gasteiger partial charge in [0.2, 0.25) is 0 Å². The molecule has 2 nitrogen and oxygen atoms in total. The summed E-state index contributed by atoms with van der Waals surface area (Å²) in [5.41, 5.74) is 7.09. The van der Waals surface area contributed by atoms with E-state index in [2.05, 4.69) is 18.9 Å². The fraction of sp³-hybridized carbons (Fsp3) is 0.647. The van der Waals surface area contributed by atoms with Gasteiger partial charge in [0.15, 0.2) is 0 Å². The van der Waals surface area contributed by atoms with Crippen LogP contribution in [-0.2, 0) is 0 Å². The first-order chi connectivity index (χ1) is 10.1. The summed E-state index contributed by atoms with van der Waals surface area (Å²) in [6.45, 7) is 2.85. The van der Waals surface area contributed by atoms with E-state index in [1.54, 1.807) is 0 Å². The Kier molecular flexibility index (Phi) is 6.36. The third-order valence-corrected chi connectivity index (χ3v) is 5.58. The lowest BCUT2D eigenvalue weighted by Crippen LogP contribution is -2.40. The number of benzene rings is 1. The Hall–Kier alpha value is -0.280. The Labute approximate surface area is 138 Å². The zero-order chi connectivity index (χ0) is 15.4. The zero-order valence-electron chi connectivity index (χ0n) is 13.0. The average Bonchev–Trinajstić information content (AvgIpc) is 2.51. The van der Waals surface area contributed by atoms with Crippen molar-refractivity contribution in [1.82, 2.24) is 4.90 Å². The van der Waals surface area contributed by atoms with Gasteiger partial charge in [-0.1, -0.05) is 36.5 Å². The second-order valence-corrected chi connectivity index (χ2v) is 7.01. The van der Waals surface area contributed by atoms with Crippen LogP contribution in [0.3, 0.4) is 0 Å². The predicted octanol–water partition coefficient (Wildman–Crippen LogP) is 4.89. The maximum absolute atomic E-state index is 6.36. The predicted molar refractivity (Wildman–Crippen MR) is 92.1 cm³/mol. The molecule has 0 aliphatic heterocycles. The Bertz CT molecular complexity index is 456. The molecule has 2 rings (SSSR count). The van der Waals surface area contributed by atoms with Crippen molar-refractivity contribution in [2.45, 2.75) is 51.1 Å². The van der Waals surface area contributed by atoms with Crippen molar-refractivity contribution in [3.05, 3.63) is 33.8 Å². The molecule has 1 fully saturated rings. The molecule has 1 aromatic rings. The number of hydrogen-bond acceptors (Lipinski definition) is 2. The smallest absolute Gasteiger partial charge is 0.0485 e. The quantitative estimate of drug-likeness (QED) is 0.833. The summed E-state index contributed by atoms with van der Waals surface area (Å²) in [7, 11) is 2.17. The molecule has 0 amide bonds. The fourth-order valence-electron chi connectivity index (χ4n) is 3.50. The SMILES string of the molecule is CCC1CCC(N(C)C(CN)c2cc(Cl)ccc2Cl)CC1. The van der Waals surface area contributed by atoms with Crippen LogP contribution in [0.2, 0.25) is 10.0 Å². The van der Waals surface area contributed by atoms with E-state index in [4.69, 9.17) is 28.9 Å². The highest BCUT2D eigenvalue weighted by Gasteiger charge is 2.28. The van der Waals surface area contributed by atoms with Gasteiger partial charge in [-0.25, -0.2) is 0 Å². The number of nitrogens with two attached hydrogens (primary N) is 1. The third kappa shape index (κ3) is 4.13. The number of likely N-dealkylation sites (N-methyl/N-ethyl adjacent to an activating group) is 1. The van der Waals surface area contributed by atoms with Crippen molar-refractivity contribution < 1.29 is 0 Å². The zero-order valence-corrected chi connectivity index (χ0v) is 14.5. The van der Waals surface area contributed by atoms with Gasteiger partial charge in [-0.05, 0) is 62.4 Å². The Morgan fingerprint density at radius 3 is 2.48 bits per heavy atom. The monoisotopic (exact) mass is 328 g/mol. The molecule has 0 heterocycles. The lowest BCUT2D eigenvalue weighted by Gasteiger charge is -2.39. The Morgan fingerprint density at radius 2 is 1.90 bits per heavy atom. The molecule has 21 heavy (non-hydrogen) atoms. The molecular formula is C17H26Cl2N2. The topological polar surface area (TPSA) is 29.3 Å². The minimum absolute atomic E-state index is 0.138. The molecule has 1 aliphatic rings. The van der Waals surface area contributed by atoms with E-state index in [-0.39, 0.29) is 6.04 Å². The van der Waals surface area contributed by atoms with E-state index in [9.17, 15) is 0 Å². The molecule has 1 aliphatic carbocycles. The van der Waals surface area contributed by atoms with Gasteiger partial charge < -0.3 is 5.73 Å². The van der Waals surface area contributed by atoms with Crippen molar-refractivity contribution in [1.29, 1.82) is 0 Å². The summed E-state index contributed by atoms with van der Waals surface area (Å²) in [5.74, 6) is 0.903. The van der Waals surface area contributed by atoms with Gasteiger partial charge in [0.05, 0.1) is 0 Å². The standard InChI is InChI=1S/C17H26Cl2N2/c1-3-12-4-7-14(8-5-12)21(2)17(11-20)15-10-13(18)6-9-16(15)19/h6,9-10,12,14,17H,3-5,7-8,11,20H2,1-2H3. The summed E-state index contributed by atoms with van der Waals surface area (Å²) in [4.78, 5) is 2.41. The lowest BCUT2D eigenvalue weighted by atomic mass is 9.83. The van der Waals surface area contributed by atoms with E-state index in [0.717, 1.165) is 21.5 Å². The van der Waals surface area contributed by atoms with Crippen molar-refractivity contribution in [2.24, 2.45) is 11.7 Å². The maximum atomic E-state index is 6.36. The Morgan fingerprint density at radius 1 is 1.24 bits per heavy atom. The number of nitrogens with zero attached hydrogens (tertiary/aromatic N) is 1. The molecule has 0 bridgehead atoms. The lowest BCUT2D eigenvalue weighted by molar-refractivity contribution is 0.122. The van der Waals surface area contributed by atoms with Crippen molar-refractivity contribution >= 4 is 23.2 Å². The molecule has 0 saturated heterocycles. The van der Waals surface area contributed by atoms with E-state index in [1.807, 2.05) is 18.2 Å². The van der Waals surface area contributed by atoms with Crippen LogP contribution in [-0.4, -0.2) is 24.5 Å². The molecule has 0 spiro atoms. The van der Waals surface area contributed by atoms with Crippen molar-refractivity contribution in [3.63, 3.8) is 0 Å². The average molecular weight is 329 g/mol. The third-order valence-electron chi connectivity index (χ3n) is 5.00. The summed E-state index contributed by atoms with van der Waals surface area (Å²) < 4.78 is 0. The van der Waals surface area contributed by atoms with Gasteiger partial charge in [-0.15, -0.1) is 0 Å². The summed E-state index contributed by atoms with van der Waals surface area (Å²) in [6, 6.07) is 6.38. The summed E-state index contributed by atoms with van der Waals surface area (Å²) >= 11 is 12.5. The number of rotatable bonds is 5. The molecule has 2 N–H and O–H groups in total. The first-order valence-corrected chi connectivity index (χ1v) is 8.69. The van der Waals surface area contributed by atoms with E-state index < -0.39 is 0 Å². The van der Waals surface area contributed by atoms with Gasteiger partial charge in [0.25, 0.3) is 0 Å². The van der Waals surface area contributed by atoms with E-state index in [1.165, 1.54) is 32.1 Å². The second-order valence-electron chi connectivity index (χ2n) is 6.17. The Balaban J connectivity index is 2.11. The van der Waals surface area contributed by atoms with Gasteiger partial charge >= 0.3 is 0 Å². The van der Waals surface area contributed by atoms with Gasteiger partial charge in [0, 0.05) is 28.7 Å². The van der Waals surface area contributed by atoms with Crippen LogP contribution in [0.5, 0.6) is 0 Å². The van der Waals surface area contributed by atoms with Crippen LogP contribution >= 0.6 is 23.2 Å². The first-order valence-electron chi connectivity index (χ1n) is 7.93. The summed E-state index contributed by atoms with van der Waals surface area (Å²) in [5, 5.41) is 1.47. The minimum atomic E-state index is 0.138. The van der Waals surface area contributed by atoms with Crippen LogP contribution in [0.15, 0.2) is 18.2 Å². The minimum Gasteiger partial charge on any atom is -0.329 e. The molecule has 1 atom stereocenters. The highest BCUT2D eigenvalue weighted by Crippen LogP contribution is 2.35. The van der Waals surface area contributed by atoms with Gasteiger partial charge in [0.1, 0.15) is 0 Å². The number of hydrogen-bond donors (Lipinski definition) is 1. The largest absolute Gasteiger partial charge is 0.329 e. The van der Waals surface area contributed by atoms with Crippen LogP contribution in [0.1, 0.15) is 50.6 Å². The first kappa shape index (κ1) is 17.1. The molecule has 0 aromatic heterocycles. The van der Waals surface area contributed by atoms with Crippen LogP contribution in [0, 0.1) is 5.92 Å². The molecule has 1 unspecified atom stereocenters. The molecule has 0 radical (unpaired) electrons. The van der Waals surface area contributed by atoms with Crippen LogP contribution in [0.25, 0.3) is 0 Å². The van der Waals surface area contributed by atoms with Crippen LogP contribution < -0.4 is 5.73 Å².